The number of amidine groups is 1. The number of hydrogen-bond donors (Lipinski definition) is 3. The maximum absolute atomic E-state index is 9.15. The van der Waals surface area contributed by atoms with Crippen molar-refractivity contribution in [2.45, 2.75) is 6.92 Å². The predicted octanol–water partition coefficient (Wildman–Crippen LogP) is 0.535. The van der Waals surface area contributed by atoms with E-state index in [-0.39, 0.29) is 12.4 Å². The van der Waals surface area contributed by atoms with E-state index in [9.17, 15) is 0 Å². The van der Waals surface area contributed by atoms with Gasteiger partial charge >= 0.3 is 0 Å². The molecule has 0 unspecified atom stereocenters. The van der Waals surface area contributed by atoms with E-state index < -0.39 is 0 Å². The summed E-state index contributed by atoms with van der Waals surface area (Å²) in [4.78, 5) is 1.94. The summed E-state index contributed by atoms with van der Waals surface area (Å²) in [5.41, 5.74) is 8.18. The SMILES string of the molecule is COCCN(CCO)c1ccc(C)cc1/C(N)=N/O. The third kappa shape index (κ3) is 4.11. The molecule has 1 aromatic rings. The molecule has 0 saturated carbocycles. The third-order valence-electron chi connectivity index (χ3n) is 2.81. The van der Waals surface area contributed by atoms with E-state index in [0.29, 0.717) is 25.3 Å². The predicted molar refractivity (Wildman–Crippen MR) is 74.9 cm³/mol. The number of methoxy groups -OCH3 is 1. The zero-order valence-corrected chi connectivity index (χ0v) is 11.3. The van der Waals surface area contributed by atoms with Gasteiger partial charge in [0.25, 0.3) is 0 Å². The lowest BCUT2D eigenvalue weighted by atomic mass is 10.1. The Balaban J connectivity index is 3.13. The molecular weight excluding hydrogens is 246 g/mol. The highest BCUT2D eigenvalue weighted by Crippen LogP contribution is 2.21. The number of hydrogen-bond acceptors (Lipinski definition) is 5. The van der Waals surface area contributed by atoms with Crippen LogP contribution >= 0.6 is 0 Å². The van der Waals surface area contributed by atoms with Crippen LogP contribution in [0.15, 0.2) is 23.4 Å². The van der Waals surface area contributed by atoms with Crippen molar-refractivity contribution >= 4 is 11.5 Å². The fraction of sp³-hybridized carbons (Fsp3) is 0.462. The number of aliphatic hydroxyl groups is 1. The van der Waals surface area contributed by atoms with Gasteiger partial charge in [0.2, 0.25) is 0 Å². The van der Waals surface area contributed by atoms with Gasteiger partial charge in [0, 0.05) is 31.5 Å². The monoisotopic (exact) mass is 267 g/mol. The molecule has 0 amide bonds. The minimum atomic E-state index is 0.0210. The van der Waals surface area contributed by atoms with Crippen LogP contribution in [0.5, 0.6) is 0 Å². The Morgan fingerprint density at radius 2 is 2.16 bits per heavy atom. The summed E-state index contributed by atoms with van der Waals surface area (Å²) in [6.45, 7) is 3.56. The van der Waals surface area contributed by atoms with Crippen molar-refractivity contribution in [2.75, 3.05) is 38.3 Å². The Hall–Kier alpha value is -1.79. The third-order valence-corrected chi connectivity index (χ3v) is 2.81. The van der Waals surface area contributed by atoms with E-state index >= 15 is 0 Å². The highest BCUT2D eigenvalue weighted by Gasteiger charge is 2.14. The number of benzene rings is 1. The van der Waals surface area contributed by atoms with Gasteiger partial charge in [-0.3, -0.25) is 0 Å². The van der Waals surface area contributed by atoms with E-state index in [4.69, 9.17) is 20.8 Å². The van der Waals surface area contributed by atoms with Crippen LogP contribution in [0.4, 0.5) is 5.69 Å². The first-order valence-electron chi connectivity index (χ1n) is 6.07. The summed E-state index contributed by atoms with van der Waals surface area (Å²) in [6, 6.07) is 5.69. The first kappa shape index (κ1) is 15.3. The average molecular weight is 267 g/mol. The van der Waals surface area contributed by atoms with Crippen LogP contribution in [-0.2, 0) is 4.74 Å². The van der Waals surface area contributed by atoms with Gasteiger partial charge in [0.1, 0.15) is 0 Å². The molecule has 6 nitrogen and oxygen atoms in total. The zero-order valence-electron chi connectivity index (χ0n) is 11.3. The van der Waals surface area contributed by atoms with Gasteiger partial charge in [-0.25, -0.2) is 0 Å². The second-order valence-electron chi connectivity index (χ2n) is 4.21. The molecule has 0 aliphatic carbocycles. The number of rotatable bonds is 7. The molecule has 1 aromatic carbocycles. The molecule has 6 heteroatoms. The largest absolute Gasteiger partial charge is 0.409 e. The van der Waals surface area contributed by atoms with Crippen molar-refractivity contribution in [3.63, 3.8) is 0 Å². The van der Waals surface area contributed by atoms with Crippen molar-refractivity contribution < 1.29 is 15.1 Å². The lowest BCUT2D eigenvalue weighted by molar-refractivity contribution is 0.203. The summed E-state index contributed by atoms with van der Waals surface area (Å²) in [7, 11) is 1.62. The van der Waals surface area contributed by atoms with Crippen LogP contribution in [-0.4, -0.2) is 49.6 Å². The summed E-state index contributed by atoms with van der Waals surface area (Å²) < 4.78 is 5.06. The molecular formula is C13H21N3O3. The average Bonchev–Trinajstić information content (AvgIpc) is 2.42. The van der Waals surface area contributed by atoms with Gasteiger partial charge < -0.3 is 25.7 Å². The second kappa shape index (κ2) is 7.60. The van der Waals surface area contributed by atoms with Crippen molar-refractivity contribution in [1.29, 1.82) is 0 Å². The van der Waals surface area contributed by atoms with Crippen molar-refractivity contribution in [3.8, 4) is 0 Å². The van der Waals surface area contributed by atoms with Gasteiger partial charge in [-0.05, 0) is 19.1 Å². The molecule has 0 spiro atoms. The number of oxime groups is 1. The van der Waals surface area contributed by atoms with Gasteiger partial charge in [-0.15, -0.1) is 0 Å². The Bertz CT molecular complexity index is 435. The van der Waals surface area contributed by atoms with Gasteiger partial charge in [0.05, 0.1) is 13.2 Å². The molecule has 0 saturated heterocycles. The number of ether oxygens (including phenoxy) is 1. The van der Waals surface area contributed by atoms with E-state index in [1.807, 2.05) is 30.0 Å². The fourth-order valence-electron chi connectivity index (χ4n) is 1.86. The van der Waals surface area contributed by atoms with Gasteiger partial charge in [-0.2, -0.15) is 0 Å². The number of aliphatic hydroxyl groups excluding tert-OH is 1. The van der Waals surface area contributed by atoms with E-state index in [0.717, 1.165) is 11.3 Å². The lowest BCUT2D eigenvalue weighted by Crippen LogP contribution is -2.32. The summed E-state index contributed by atoms with van der Waals surface area (Å²) >= 11 is 0. The minimum absolute atomic E-state index is 0.0210. The van der Waals surface area contributed by atoms with Gasteiger partial charge in [-0.1, -0.05) is 16.8 Å². The van der Waals surface area contributed by atoms with Crippen LogP contribution < -0.4 is 10.6 Å². The molecule has 0 atom stereocenters. The van der Waals surface area contributed by atoms with Crippen molar-refractivity contribution in [2.24, 2.45) is 10.9 Å². The quantitative estimate of drug-likeness (QED) is 0.290. The Morgan fingerprint density at radius 1 is 1.42 bits per heavy atom. The summed E-state index contributed by atoms with van der Waals surface area (Å²) in [5.74, 6) is 0.0547. The number of nitrogens with two attached hydrogens (primary N) is 1. The number of nitrogens with zero attached hydrogens (tertiary/aromatic N) is 2. The molecule has 0 aromatic heterocycles. The van der Waals surface area contributed by atoms with Crippen molar-refractivity contribution in [3.05, 3.63) is 29.3 Å². The fourth-order valence-corrected chi connectivity index (χ4v) is 1.86. The topological polar surface area (TPSA) is 91.3 Å². The lowest BCUT2D eigenvalue weighted by Gasteiger charge is -2.26. The first-order valence-corrected chi connectivity index (χ1v) is 6.07. The molecule has 0 aliphatic rings. The zero-order chi connectivity index (χ0) is 14.3. The van der Waals surface area contributed by atoms with Crippen LogP contribution in [0.2, 0.25) is 0 Å². The molecule has 106 valence electrons. The normalized spacial score (nSPS) is 11.6. The number of aryl methyl sites for hydroxylation is 1. The molecule has 4 N–H and O–H groups in total. The van der Waals surface area contributed by atoms with Crippen molar-refractivity contribution in [1.82, 2.24) is 0 Å². The molecule has 19 heavy (non-hydrogen) atoms. The smallest absolute Gasteiger partial charge is 0.172 e. The Labute approximate surface area is 113 Å². The standard InChI is InChI=1S/C13H21N3O3/c1-10-3-4-12(11(9-10)13(14)15-18)16(5-7-17)6-8-19-2/h3-4,9,17-18H,5-8H2,1-2H3,(H2,14,15). The molecule has 0 radical (unpaired) electrons. The van der Waals surface area contributed by atoms with Crippen LogP contribution in [0.1, 0.15) is 11.1 Å². The maximum atomic E-state index is 9.15. The van der Waals surface area contributed by atoms with Crippen LogP contribution in [0.3, 0.4) is 0 Å². The minimum Gasteiger partial charge on any atom is -0.409 e. The molecule has 1 rings (SSSR count). The molecule has 0 fully saturated rings. The molecule has 0 aliphatic heterocycles. The van der Waals surface area contributed by atoms with E-state index in [2.05, 4.69) is 5.16 Å². The first-order chi connectivity index (χ1) is 9.13. The number of anilines is 1. The molecule has 0 bridgehead atoms. The second-order valence-corrected chi connectivity index (χ2v) is 4.21. The summed E-state index contributed by atoms with van der Waals surface area (Å²) in [5, 5.41) is 21.1. The summed E-state index contributed by atoms with van der Waals surface area (Å²) in [6.07, 6.45) is 0. The van der Waals surface area contributed by atoms with Crippen LogP contribution in [0.25, 0.3) is 0 Å². The van der Waals surface area contributed by atoms with Gasteiger partial charge in [0.15, 0.2) is 5.84 Å². The maximum Gasteiger partial charge on any atom is 0.172 e. The highest BCUT2D eigenvalue weighted by atomic mass is 16.5. The molecule has 0 heterocycles. The van der Waals surface area contributed by atoms with E-state index in [1.165, 1.54) is 0 Å². The van der Waals surface area contributed by atoms with E-state index in [1.54, 1.807) is 7.11 Å². The van der Waals surface area contributed by atoms with Crippen LogP contribution in [0, 0.1) is 6.92 Å². The Kier molecular flexibility index (Phi) is 6.11. The Morgan fingerprint density at radius 3 is 2.74 bits per heavy atom. The highest BCUT2D eigenvalue weighted by molar-refractivity contribution is 6.02.